The van der Waals surface area contributed by atoms with E-state index in [1.807, 2.05) is 0 Å². The Bertz CT molecular complexity index is 1790. The summed E-state index contributed by atoms with van der Waals surface area (Å²) in [7, 11) is 0.665. The fourth-order valence-electron chi connectivity index (χ4n) is 6.95. The van der Waals surface area contributed by atoms with E-state index in [9.17, 15) is 0 Å². The predicted molar refractivity (Wildman–Crippen MR) is 160 cm³/mol. The first-order chi connectivity index (χ1) is 17.3. The summed E-state index contributed by atoms with van der Waals surface area (Å²) in [6.45, 7) is 16.5. The van der Waals surface area contributed by atoms with Crippen molar-refractivity contribution in [2.24, 2.45) is 7.05 Å². The van der Waals surface area contributed by atoms with Gasteiger partial charge in [-0.1, -0.05) is 76.1 Å². The molecule has 3 aromatic heterocycles. The Morgan fingerprint density at radius 1 is 0.833 bits per heavy atom. The summed E-state index contributed by atoms with van der Waals surface area (Å²) in [6, 6.07) is 21.0. The van der Waals surface area contributed by atoms with Crippen molar-refractivity contribution in [2.75, 3.05) is 0 Å². The number of rotatable bonds is 5. The molecule has 0 aliphatic rings. The van der Waals surface area contributed by atoms with Gasteiger partial charge in [0.15, 0.2) is 6.20 Å². The van der Waals surface area contributed by atoms with Crippen LogP contribution in [0.3, 0.4) is 0 Å². The number of nitrogens with zero attached hydrogens (tertiary/aromatic N) is 2. The number of aromatic nitrogens is 2. The van der Waals surface area contributed by atoms with Crippen LogP contribution in [0.4, 0.5) is 0 Å². The van der Waals surface area contributed by atoms with Gasteiger partial charge in [0.25, 0.3) is 0 Å². The molecular formula is C33H39N2Si+. The molecule has 0 bridgehead atoms. The van der Waals surface area contributed by atoms with Crippen LogP contribution < -0.4 is 9.75 Å². The summed E-state index contributed by atoms with van der Waals surface area (Å²) in [4.78, 5) is 0. The van der Waals surface area contributed by atoms with E-state index >= 15 is 0 Å². The van der Waals surface area contributed by atoms with E-state index < -0.39 is 8.07 Å². The molecule has 0 unspecified atom stereocenters. The van der Waals surface area contributed by atoms with Gasteiger partial charge in [0, 0.05) is 16.8 Å². The monoisotopic (exact) mass is 491 g/mol. The zero-order chi connectivity index (χ0) is 25.5. The number of fused-ring (bicyclic) bond motifs is 5. The third kappa shape index (κ3) is 2.92. The second-order valence-corrected chi connectivity index (χ2v) is 16.7. The van der Waals surface area contributed by atoms with Crippen molar-refractivity contribution in [3.05, 3.63) is 65.4 Å². The number of hydrogen-bond donors (Lipinski definition) is 0. The van der Waals surface area contributed by atoms with E-state index in [2.05, 4.69) is 113 Å². The quantitative estimate of drug-likeness (QED) is 0.0992. The molecule has 0 saturated carbocycles. The fourth-order valence-corrected chi connectivity index (χ4v) is 10.6. The van der Waals surface area contributed by atoms with Crippen molar-refractivity contribution in [3.63, 3.8) is 0 Å². The van der Waals surface area contributed by atoms with Gasteiger partial charge in [-0.25, -0.2) is 4.57 Å². The molecule has 0 amide bonds. The minimum Gasteiger partial charge on any atom is -0.307 e. The zero-order valence-corrected chi connectivity index (χ0v) is 24.2. The average Bonchev–Trinajstić information content (AvgIpc) is 3.20. The van der Waals surface area contributed by atoms with Gasteiger partial charge >= 0.3 is 0 Å². The first kappa shape index (κ1) is 23.5. The van der Waals surface area contributed by atoms with Crippen LogP contribution in [0.15, 0.2) is 48.7 Å². The standard InChI is InChI=1S/C33H39N2Si/c1-9-36(10-2,11-3)25-17-24-14-15-34(8)33-30-22(7)21(6)16-27-26-13-12-23(20(4)5)18-28(26)35(32(27)30)29(19-25)31(24)33/h12-20H,9-11H2,1-8H3/q+1. The zero-order valence-electron chi connectivity index (χ0n) is 23.2. The number of aryl methyl sites for hydroxylation is 3. The topological polar surface area (TPSA) is 8.29 Å². The highest BCUT2D eigenvalue weighted by atomic mass is 28.3. The molecule has 36 heavy (non-hydrogen) atoms. The molecule has 0 spiro atoms. The lowest BCUT2D eigenvalue weighted by Crippen LogP contribution is -2.45. The smallest absolute Gasteiger partial charge is 0.224 e. The third-order valence-corrected chi connectivity index (χ3v) is 15.2. The number of benzene rings is 3. The van der Waals surface area contributed by atoms with E-state index in [0.717, 1.165) is 0 Å². The van der Waals surface area contributed by atoms with Crippen molar-refractivity contribution < 1.29 is 4.57 Å². The van der Waals surface area contributed by atoms with Crippen LogP contribution in [0.25, 0.3) is 49.0 Å². The second-order valence-electron chi connectivity index (χ2n) is 11.4. The maximum Gasteiger partial charge on any atom is 0.224 e. The van der Waals surface area contributed by atoms with E-state index in [4.69, 9.17) is 0 Å². The Labute approximate surface area is 215 Å². The maximum absolute atomic E-state index is 2.64. The van der Waals surface area contributed by atoms with Crippen LogP contribution in [0.5, 0.6) is 0 Å². The predicted octanol–water partition coefficient (Wildman–Crippen LogP) is 8.27. The number of pyridine rings is 2. The molecule has 0 saturated heterocycles. The summed E-state index contributed by atoms with van der Waals surface area (Å²) < 4.78 is 4.99. The molecule has 6 aromatic rings. The van der Waals surface area contributed by atoms with Crippen LogP contribution in [0, 0.1) is 13.8 Å². The Morgan fingerprint density at radius 3 is 2.22 bits per heavy atom. The summed E-state index contributed by atoms with van der Waals surface area (Å²) in [6.07, 6.45) is 2.28. The minimum absolute atomic E-state index is 0.503. The Balaban J connectivity index is 1.98. The normalized spacial score (nSPS) is 13.0. The van der Waals surface area contributed by atoms with Crippen LogP contribution in [0.1, 0.15) is 57.2 Å². The highest BCUT2D eigenvalue weighted by Crippen LogP contribution is 2.42. The van der Waals surface area contributed by atoms with Gasteiger partial charge in [0.1, 0.15) is 7.05 Å². The molecule has 0 aliphatic carbocycles. The van der Waals surface area contributed by atoms with Crippen molar-refractivity contribution >= 4 is 62.3 Å². The molecule has 0 fully saturated rings. The Morgan fingerprint density at radius 2 is 1.56 bits per heavy atom. The molecule has 3 aromatic carbocycles. The largest absolute Gasteiger partial charge is 0.307 e. The van der Waals surface area contributed by atoms with E-state index in [-0.39, 0.29) is 0 Å². The highest BCUT2D eigenvalue weighted by Gasteiger charge is 2.32. The summed E-state index contributed by atoms with van der Waals surface area (Å²) in [5, 5.41) is 8.59. The molecule has 2 nitrogen and oxygen atoms in total. The van der Waals surface area contributed by atoms with Crippen molar-refractivity contribution in [1.82, 2.24) is 4.40 Å². The molecule has 0 radical (unpaired) electrons. The van der Waals surface area contributed by atoms with E-state index in [1.165, 1.54) is 83.8 Å². The van der Waals surface area contributed by atoms with Crippen LogP contribution in [-0.2, 0) is 7.05 Å². The lowest BCUT2D eigenvalue weighted by atomic mass is 9.96. The average molecular weight is 492 g/mol. The van der Waals surface area contributed by atoms with Gasteiger partial charge in [-0.05, 0) is 60.0 Å². The van der Waals surface area contributed by atoms with Crippen LogP contribution in [-0.4, -0.2) is 12.5 Å². The summed E-state index contributed by atoms with van der Waals surface area (Å²) in [5.41, 5.74) is 9.68. The first-order valence-electron chi connectivity index (χ1n) is 13.8. The molecule has 3 heteroatoms. The lowest BCUT2D eigenvalue weighted by Gasteiger charge is -2.29. The van der Waals surface area contributed by atoms with Crippen LogP contribution >= 0.6 is 0 Å². The molecule has 6 rings (SSSR count). The molecular weight excluding hydrogens is 452 g/mol. The Hall–Kier alpha value is -2.91. The molecule has 0 aliphatic heterocycles. The van der Waals surface area contributed by atoms with Gasteiger partial charge in [-0.2, -0.15) is 0 Å². The van der Waals surface area contributed by atoms with Crippen molar-refractivity contribution in [3.8, 4) is 0 Å². The third-order valence-electron chi connectivity index (χ3n) is 9.60. The maximum atomic E-state index is 2.64. The van der Waals surface area contributed by atoms with Gasteiger partial charge in [0.05, 0.1) is 35.4 Å². The van der Waals surface area contributed by atoms with Crippen LogP contribution in [0.2, 0.25) is 18.1 Å². The molecule has 0 N–H and O–H groups in total. The Kier molecular flexibility index (Phi) is 5.25. The van der Waals surface area contributed by atoms with E-state index in [0.29, 0.717) is 5.92 Å². The highest BCUT2D eigenvalue weighted by molar-refractivity contribution is 6.92. The molecule has 184 valence electrons. The first-order valence-corrected chi connectivity index (χ1v) is 16.4. The van der Waals surface area contributed by atoms with Gasteiger partial charge in [-0.15, -0.1) is 0 Å². The summed E-state index contributed by atoms with van der Waals surface area (Å²) in [5.74, 6) is 0.503. The van der Waals surface area contributed by atoms with Gasteiger partial charge < -0.3 is 4.40 Å². The van der Waals surface area contributed by atoms with Crippen molar-refractivity contribution in [1.29, 1.82) is 0 Å². The molecule has 3 heterocycles. The minimum atomic E-state index is -1.56. The second kappa shape index (κ2) is 8.04. The molecule has 0 atom stereocenters. The number of hydrogen-bond acceptors (Lipinski definition) is 0. The fraction of sp³-hybridized carbons (Fsp3) is 0.364. The van der Waals surface area contributed by atoms with Crippen molar-refractivity contribution in [2.45, 2.75) is 72.5 Å². The SMILES string of the molecule is CC[Si](CC)(CC)c1cc2cc[n+](C)c3c4c(C)c(C)cc5c6ccc(C(C)C)cc6n(c(c1)c23)c54. The lowest BCUT2D eigenvalue weighted by molar-refractivity contribution is -0.643. The van der Waals surface area contributed by atoms with Gasteiger partial charge in [0.2, 0.25) is 5.52 Å². The van der Waals surface area contributed by atoms with Gasteiger partial charge in [-0.3, -0.25) is 0 Å². The summed E-state index contributed by atoms with van der Waals surface area (Å²) >= 11 is 0. The van der Waals surface area contributed by atoms with E-state index in [1.54, 1.807) is 5.19 Å².